The molecular formula is C14H20N4. The average molecular weight is 244 g/mol. The molecule has 1 aliphatic heterocycles. The van der Waals surface area contributed by atoms with Gasteiger partial charge in [0.15, 0.2) is 0 Å². The molecule has 1 fully saturated rings. The van der Waals surface area contributed by atoms with Gasteiger partial charge in [-0.05, 0) is 39.1 Å². The standard InChI is InChI=1S/C14H20N4/c1-11-13(9-15-12-6-8-17(2)10-12)18-7-4-3-5-14(18)16-11/h3-5,7,12,15H,6,8-10H2,1-2H3. The summed E-state index contributed by atoms with van der Waals surface area (Å²) >= 11 is 0. The minimum absolute atomic E-state index is 0.615. The van der Waals surface area contributed by atoms with Gasteiger partial charge in [0.25, 0.3) is 0 Å². The van der Waals surface area contributed by atoms with E-state index in [1.54, 1.807) is 0 Å². The van der Waals surface area contributed by atoms with Crippen molar-refractivity contribution >= 4 is 5.65 Å². The fraction of sp³-hybridized carbons (Fsp3) is 0.500. The Hall–Kier alpha value is -1.39. The number of aromatic nitrogens is 2. The van der Waals surface area contributed by atoms with Crippen molar-refractivity contribution in [1.82, 2.24) is 19.6 Å². The summed E-state index contributed by atoms with van der Waals surface area (Å²) in [5.74, 6) is 0. The predicted molar refractivity (Wildman–Crippen MR) is 72.7 cm³/mol. The Labute approximate surface area is 108 Å². The first kappa shape index (κ1) is 11.7. The van der Waals surface area contributed by atoms with E-state index in [4.69, 9.17) is 0 Å². The van der Waals surface area contributed by atoms with Crippen molar-refractivity contribution in [3.8, 4) is 0 Å². The van der Waals surface area contributed by atoms with E-state index < -0.39 is 0 Å². The minimum atomic E-state index is 0.615. The number of likely N-dealkylation sites (N-methyl/N-ethyl adjacent to an activating group) is 1. The van der Waals surface area contributed by atoms with Crippen molar-refractivity contribution in [2.75, 3.05) is 20.1 Å². The molecule has 2 aromatic rings. The molecule has 1 N–H and O–H groups in total. The number of hydrogen-bond acceptors (Lipinski definition) is 3. The molecule has 18 heavy (non-hydrogen) atoms. The van der Waals surface area contributed by atoms with Crippen LogP contribution in [-0.2, 0) is 6.54 Å². The highest BCUT2D eigenvalue weighted by molar-refractivity contribution is 5.42. The van der Waals surface area contributed by atoms with Gasteiger partial charge >= 0.3 is 0 Å². The normalized spacial score (nSPS) is 20.9. The number of aryl methyl sites for hydroxylation is 1. The Morgan fingerprint density at radius 3 is 3.11 bits per heavy atom. The van der Waals surface area contributed by atoms with Crippen molar-refractivity contribution in [2.24, 2.45) is 0 Å². The third kappa shape index (κ3) is 2.13. The number of pyridine rings is 1. The maximum Gasteiger partial charge on any atom is 0.137 e. The van der Waals surface area contributed by atoms with Crippen molar-refractivity contribution in [2.45, 2.75) is 25.9 Å². The van der Waals surface area contributed by atoms with E-state index in [9.17, 15) is 0 Å². The maximum atomic E-state index is 4.59. The third-order valence-electron chi connectivity index (χ3n) is 3.78. The molecule has 0 aromatic carbocycles. The van der Waals surface area contributed by atoms with Crippen LogP contribution < -0.4 is 5.32 Å². The molecule has 0 spiro atoms. The Balaban J connectivity index is 1.76. The van der Waals surface area contributed by atoms with Crippen LogP contribution in [0.5, 0.6) is 0 Å². The molecule has 96 valence electrons. The molecule has 0 radical (unpaired) electrons. The van der Waals surface area contributed by atoms with Crippen LogP contribution in [0, 0.1) is 6.92 Å². The Morgan fingerprint density at radius 2 is 2.33 bits per heavy atom. The number of fused-ring (bicyclic) bond motifs is 1. The topological polar surface area (TPSA) is 32.6 Å². The zero-order valence-electron chi connectivity index (χ0n) is 11.1. The van der Waals surface area contributed by atoms with Crippen LogP contribution in [0.2, 0.25) is 0 Å². The molecular weight excluding hydrogens is 224 g/mol. The van der Waals surface area contributed by atoms with E-state index >= 15 is 0 Å². The van der Waals surface area contributed by atoms with Crippen LogP contribution in [-0.4, -0.2) is 40.5 Å². The summed E-state index contributed by atoms with van der Waals surface area (Å²) < 4.78 is 2.18. The van der Waals surface area contributed by atoms with E-state index in [0.29, 0.717) is 6.04 Å². The van der Waals surface area contributed by atoms with Gasteiger partial charge in [0.05, 0.1) is 11.4 Å². The van der Waals surface area contributed by atoms with Crippen LogP contribution >= 0.6 is 0 Å². The Bertz CT molecular complexity index is 546. The first-order valence-electron chi connectivity index (χ1n) is 6.58. The van der Waals surface area contributed by atoms with Crippen LogP contribution in [0.3, 0.4) is 0 Å². The Morgan fingerprint density at radius 1 is 1.44 bits per heavy atom. The predicted octanol–water partition coefficient (Wildman–Crippen LogP) is 1.44. The van der Waals surface area contributed by atoms with Crippen molar-refractivity contribution in [1.29, 1.82) is 0 Å². The molecule has 0 aliphatic carbocycles. The number of nitrogens with one attached hydrogen (secondary N) is 1. The summed E-state index contributed by atoms with van der Waals surface area (Å²) in [6.07, 6.45) is 3.33. The molecule has 0 amide bonds. The summed E-state index contributed by atoms with van der Waals surface area (Å²) in [6, 6.07) is 6.76. The number of rotatable bonds is 3. The SMILES string of the molecule is Cc1nc2ccccn2c1CNC1CCN(C)C1. The summed E-state index contributed by atoms with van der Waals surface area (Å²) in [7, 11) is 2.18. The molecule has 1 unspecified atom stereocenters. The molecule has 3 heterocycles. The second-order valence-electron chi connectivity index (χ2n) is 5.20. The van der Waals surface area contributed by atoms with Gasteiger partial charge in [0.1, 0.15) is 5.65 Å². The van der Waals surface area contributed by atoms with Gasteiger partial charge in [0.2, 0.25) is 0 Å². The zero-order chi connectivity index (χ0) is 12.5. The first-order valence-corrected chi connectivity index (χ1v) is 6.58. The summed E-state index contributed by atoms with van der Waals surface area (Å²) in [5.41, 5.74) is 3.44. The van der Waals surface area contributed by atoms with E-state index in [1.807, 2.05) is 6.07 Å². The third-order valence-corrected chi connectivity index (χ3v) is 3.78. The number of imidazole rings is 1. The minimum Gasteiger partial charge on any atom is -0.307 e. The molecule has 1 atom stereocenters. The highest BCUT2D eigenvalue weighted by Gasteiger charge is 2.19. The largest absolute Gasteiger partial charge is 0.307 e. The lowest BCUT2D eigenvalue weighted by molar-refractivity contribution is 0.397. The first-order chi connectivity index (χ1) is 8.74. The van der Waals surface area contributed by atoms with E-state index in [1.165, 1.54) is 18.7 Å². The monoisotopic (exact) mass is 244 g/mol. The highest BCUT2D eigenvalue weighted by atomic mass is 15.2. The van der Waals surface area contributed by atoms with Gasteiger partial charge in [-0.25, -0.2) is 4.98 Å². The fourth-order valence-corrected chi connectivity index (χ4v) is 2.72. The van der Waals surface area contributed by atoms with Gasteiger partial charge in [-0.3, -0.25) is 0 Å². The van der Waals surface area contributed by atoms with Gasteiger partial charge in [0, 0.05) is 25.3 Å². The van der Waals surface area contributed by atoms with Crippen LogP contribution in [0.1, 0.15) is 17.8 Å². The second kappa shape index (κ2) is 4.71. The number of nitrogens with zero attached hydrogens (tertiary/aromatic N) is 3. The summed E-state index contributed by atoms with van der Waals surface area (Å²) in [5, 5.41) is 3.64. The molecule has 3 rings (SSSR count). The van der Waals surface area contributed by atoms with E-state index in [0.717, 1.165) is 24.4 Å². The molecule has 0 bridgehead atoms. The van der Waals surface area contributed by atoms with Crippen molar-refractivity contribution in [3.63, 3.8) is 0 Å². The van der Waals surface area contributed by atoms with Crippen LogP contribution in [0.4, 0.5) is 0 Å². The van der Waals surface area contributed by atoms with Crippen LogP contribution in [0.15, 0.2) is 24.4 Å². The smallest absolute Gasteiger partial charge is 0.137 e. The lowest BCUT2D eigenvalue weighted by Gasteiger charge is -2.13. The summed E-state index contributed by atoms with van der Waals surface area (Å²) in [6.45, 7) is 5.33. The number of likely N-dealkylation sites (tertiary alicyclic amines) is 1. The van der Waals surface area contributed by atoms with E-state index in [-0.39, 0.29) is 0 Å². The van der Waals surface area contributed by atoms with E-state index in [2.05, 4.69) is 51.9 Å². The van der Waals surface area contributed by atoms with Crippen molar-refractivity contribution < 1.29 is 0 Å². The molecule has 0 saturated carbocycles. The lowest BCUT2D eigenvalue weighted by Crippen LogP contribution is -2.31. The van der Waals surface area contributed by atoms with Crippen molar-refractivity contribution in [3.05, 3.63) is 35.8 Å². The molecule has 1 aliphatic rings. The fourth-order valence-electron chi connectivity index (χ4n) is 2.72. The van der Waals surface area contributed by atoms with Gasteiger partial charge in [-0.15, -0.1) is 0 Å². The lowest BCUT2D eigenvalue weighted by atomic mass is 10.2. The number of hydrogen-bond donors (Lipinski definition) is 1. The molecule has 4 heteroatoms. The van der Waals surface area contributed by atoms with Gasteiger partial charge in [-0.2, -0.15) is 0 Å². The van der Waals surface area contributed by atoms with Gasteiger partial charge < -0.3 is 14.6 Å². The van der Waals surface area contributed by atoms with Gasteiger partial charge in [-0.1, -0.05) is 6.07 Å². The van der Waals surface area contributed by atoms with Crippen LogP contribution in [0.25, 0.3) is 5.65 Å². The quantitative estimate of drug-likeness (QED) is 0.886. The maximum absolute atomic E-state index is 4.59. The highest BCUT2D eigenvalue weighted by Crippen LogP contribution is 2.13. The molecule has 2 aromatic heterocycles. The Kier molecular flexibility index (Phi) is 3.06. The molecule has 4 nitrogen and oxygen atoms in total. The second-order valence-corrected chi connectivity index (χ2v) is 5.20. The molecule has 1 saturated heterocycles. The summed E-state index contributed by atoms with van der Waals surface area (Å²) in [4.78, 5) is 6.96. The average Bonchev–Trinajstić information content (AvgIpc) is 2.90. The zero-order valence-corrected chi connectivity index (χ0v) is 11.1.